The normalized spacial score (nSPS) is 13.4. The SMILES string of the molecule is CCCc1ccc(OC(CC)C(N)=NO)cc1. The highest BCUT2D eigenvalue weighted by Crippen LogP contribution is 2.16. The van der Waals surface area contributed by atoms with Gasteiger partial charge in [-0.15, -0.1) is 0 Å². The lowest BCUT2D eigenvalue weighted by Gasteiger charge is -2.16. The molecule has 0 fully saturated rings. The number of amidine groups is 1. The summed E-state index contributed by atoms with van der Waals surface area (Å²) in [7, 11) is 0. The fraction of sp³-hybridized carbons (Fsp3) is 0.462. The molecule has 1 aromatic rings. The van der Waals surface area contributed by atoms with Gasteiger partial charge < -0.3 is 15.7 Å². The number of ether oxygens (including phenoxy) is 1. The van der Waals surface area contributed by atoms with E-state index in [1.54, 1.807) is 0 Å². The summed E-state index contributed by atoms with van der Waals surface area (Å²) < 4.78 is 5.63. The van der Waals surface area contributed by atoms with E-state index in [9.17, 15) is 0 Å². The lowest BCUT2D eigenvalue weighted by Crippen LogP contribution is -2.33. The zero-order valence-corrected chi connectivity index (χ0v) is 10.4. The van der Waals surface area contributed by atoms with Crippen molar-refractivity contribution in [2.75, 3.05) is 0 Å². The zero-order valence-electron chi connectivity index (χ0n) is 10.4. The van der Waals surface area contributed by atoms with Crippen LogP contribution >= 0.6 is 0 Å². The molecule has 0 heterocycles. The van der Waals surface area contributed by atoms with Crippen LogP contribution in [0, 0.1) is 0 Å². The van der Waals surface area contributed by atoms with Crippen molar-refractivity contribution < 1.29 is 9.94 Å². The van der Waals surface area contributed by atoms with Crippen LogP contribution < -0.4 is 10.5 Å². The predicted molar refractivity (Wildman–Crippen MR) is 68.6 cm³/mol. The molecule has 0 saturated heterocycles. The minimum Gasteiger partial charge on any atom is -0.482 e. The molecule has 0 bridgehead atoms. The number of aryl methyl sites for hydroxylation is 1. The quantitative estimate of drug-likeness (QED) is 0.345. The van der Waals surface area contributed by atoms with Gasteiger partial charge in [-0.05, 0) is 30.5 Å². The lowest BCUT2D eigenvalue weighted by molar-refractivity contribution is 0.246. The van der Waals surface area contributed by atoms with Gasteiger partial charge in [-0.3, -0.25) is 0 Å². The Morgan fingerprint density at radius 1 is 1.35 bits per heavy atom. The Labute approximate surface area is 102 Å². The van der Waals surface area contributed by atoms with E-state index in [0.717, 1.165) is 18.6 Å². The fourth-order valence-electron chi connectivity index (χ4n) is 1.60. The van der Waals surface area contributed by atoms with Crippen LogP contribution in [0.15, 0.2) is 29.4 Å². The van der Waals surface area contributed by atoms with Gasteiger partial charge in [0, 0.05) is 0 Å². The van der Waals surface area contributed by atoms with E-state index >= 15 is 0 Å². The van der Waals surface area contributed by atoms with E-state index in [2.05, 4.69) is 12.1 Å². The molecular weight excluding hydrogens is 216 g/mol. The molecule has 0 radical (unpaired) electrons. The molecule has 1 atom stereocenters. The number of nitrogens with zero attached hydrogens (tertiary/aromatic N) is 1. The molecular formula is C13H20N2O2. The molecule has 3 N–H and O–H groups in total. The van der Waals surface area contributed by atoms with E-state index in [0.29, 0.717) is 6.42 Å². The van der Waals surface area contributed by atoms with E-state index in [4.69, 9.17) is 15.7 Å². The average Bonchev–Trinajstić information content (AvgIpc) is 2.37. The second kappa shape index (κ2) is 6.78. The van der Waals surface area contributed by atoms with Crippen molar-refractivity contribution in [1.82, 2.24) is 0 Å². The fourth-order valence-corrected chi connectivity index (χ4v) is 1.60. The van der Waals surface area contributed by atoms with Crippen LogP contribution in [0.25, 0.3) is 0 Å². The standard InChI is InChI=1S/C13H20N2O2/c1-3-5-10-6-8-11(9-7-10)17-12(4-2)13(14)15-16/h6-9,12,16H,3-5H2,1-2H3,(H2,14,15). The number of rotatable bonds is 6. The summed E-state index contributed by atoms with van der Waals surface area (Å²) >= 11 is 0. The highest BCUT2D eigenvalue weighted by atomic mass is 16.5. The second-order valence-corrected chi connectivity index (χ2v) is 3.93. The Kier molecular flexibility index (Phi) is 5.33. The van der Waals surface area contributed by atoms with E-state index < -0.39 is 0 Å². The Bertz CT molecular complexity index is 360. The molecule has 0 spiro atoms. The molecule has 17 heavy (non-hydrogen) atoms. The van der Waals surface area contributed by atoms with Crippen molar-refractivity contribution in [3.05, 3.63) is 29.8 Å². The minimum absolute atomic E-state index is 0.102. The van der Waals surface area contributed by atoms with Crippen molar-refractivity contribution in [3.63, 3.8) is 0 Å². The van der Waals surface area contributed by atoms with Crippen molar-refractivity contribution >= 4 is 5.84 Å². The molecule has 94 valence electrons. The Balaban J connectivity index is 2.67. The predicted octanol–water partition coefficient (Wildman–Crippen LogP) is 2.54. The second-order valence-electron chi connectivity index (χ2n) is 3.93. The monoisotopic (exact) mass is 236 g/mol. The first-order chi connectivity index (χ1) is 8.21. The summed E-state index contributed by atoms with van der Waals surface area (Å²) in [5, 5.41) is 11.6. The smallest absolute Gasteiger partial charge is 0.180 e. The van der Waals surface area contributed by atoms with Gasteiger partial charge in [-0.2, -0.15) is 0 Å². The topological polar surface area (TPSA) is 67.8 Å². The first-order valence-corrected chi connectivity index (χ1v) is 5.94. The summed E-state index contributed by atoms with van der Waals surface area (Å²) in [4.78, 5) is 0. The Hall–Kier alpha value is -1.71. The van der Waals surface area contributed by atoms with Gasteiger partial charge in [0.25, 0.3) is 0 Å². The highest BCUT2D eigenvalue weighted by Gasteiger charge is 2.13. The van der Waals surface area contributed by atoms with Crippen LogP contribution in [-0.2, 0) is 6.42 Å². The number of oxime groups is 1. The number of hydrogen-bond acceptors (Lipinski definition) is 3. The first-order valence-electron chi connectivity index (χ1n) is 5.94. The zero-order chi connectivity index (χ0) is 12.7. The molecule has 1 unspecified atom stereocenters. The molecule has 1 rings (SSSR count). The van der Waals surface area contributed by atoms with Gasteiger partial charge in [0.05, 0.1) is 0 Å². The van der Waals surface area contributed by atoms with Crippen LogP contribution in [0.2, 0.25) is 0 Å². The first kappa shape index (κ1) is 13.4. The average molecular weight is 236 g/mol. The highest BCUT2D eigenvalue weighted by molar-refractivity contribution is 5.84. The van der Waals surface area contributed by atoms with Crippen LogP contribution in [0.5, 0.6) is 5.75 Å². The summed E-state index contributed by atoms with van der Waals surface area (Å²) in [6.45, 7) is 4.07. The van der Waals surface area contributed by atoms with Gasteiger partial charge >= 0.3 is 0 Å². The van der Waals surface area contributed by atoms with Gasteiger partial charge in [0.2, 0.25) is 0 Å². The molecule has 1 aromatic carbocycles. The third-order valence-electron chi connectivity index (χ3n) is 2.56. The maximum absolute atomic E-state index is 8.61. The van der Waals surface area contributed by atoms with Crippen molar-refractivity contribution in [2.24, 2.45) is 10.9 Å². The number of hydrogen-bond donors (Lipinski definition) is 2. The third kappa shape index (κ3) is 3.98. The van der Waals surface area contributed by atoms with Crippen LogP contribution in [0.3, 0.4) is 0 Å². The van der Waals surface area contributed by atoms with Crippen molar-refractivity contribution in [1.29, 1.82) is 0 Å². The van der Waals surface area contributed by atoms with Crippen LogP contribution in [0.1, 0.15) is 32.3 Å². The molecule has 0 saturated carbocycles. The van der Waals surface area contributed by atoms with Crippen molar-refractivity contribution in [2.45, 2.75) is 39.2 Å². The van der Waals surface area contributed by atoms with Gasteiger partial charge in [0.15, 0.2) is 11.9 Å². The maximum Gasteiger partial charge on any atom is 0.180 e. The Morgan fingerprint density at radius 3 is 2.47 bits per heavy atom. The molecule has 0 amide bonds. The van der Waals surface area contributed by atoms with Gasteiger partial charge in [-0.1, -0.05) is 37.6 Å². The minimum atomic E-state index is -0.378. The number of benzene rings is 1. The van der Waals surface area contributed by atoms with E-state index in [1.165, 1.54) is 5.56 Å². The molecule has 4 nitrogen and oxygen atoms in total. The van der Waals surface area contributed by atoms with E-state index in [1.807, 2.05) is 31.2 Å². The molecule has 0 aliphatic rings. The summed E-state index contributed by atoms with van der Waals surface area (Å²) in [6, 6.07) is 7.91. The Morgan fingerprint density at radius 2 is 2.00 bits per heavy atom. The van der Waals surface area contributed by atoms with Crippen molar-refractivity contribution in [3.8, 4) is 5.75 Å². The lowest BCUT2D eigenvalue weighted by atomic mass is 10.1. The maximum atomic E-state index is 8.61. The molecule has 0 aliphatic heterocycles. The number of nitrogens with two attached hydrogens (primary N) is 1. The van der Waals surface area contributed by atoms with Crippen LogP contribution in [-0.4, -0.2) is 17.1 Å². The molecule has 4 heteroatoms. The molecule has 0 aliphatic carbocycles. The summed E-state index contributed by atoms with van der Waals surface area (Å²) in [6.07, 6.45) is 2.48. The van der Waals surface area contributed by atoms with E-state index in [-0.39, 0.29) is 11.9 Å². The van der Waals surface area contributed by atoms with Gasteiger partial charge in [0.1, 0.15) is 5.75 Å². The largest absolute Gasteiger partial charge is 0.482 e. The molecule has 0 aromatic heterocycles. The third-order valence-corrected chi connectivity index (χ3v) is 2.56. The summed E-state index contributed by atoms with van der Waals surface area (Å²) in [5.41, 5.74) is 6.82. The summed E-state index contributed by atoms with van der Waals surface area (Å²) in [5.74, 6) is 0.841. The van der Waals surface area contributed by atoms with Crippen LogP contribution in [0.4, 0.5) is 0 Å². The van der Waals surface area contributed by atoms with Gasteiger partial charge in [-0.25, -0.2) is 0 Å².